The molecule has 0 heterocycles. The number of allylic oxidation sites excluding steroid dienone is 2. The van der Waals surface area contributed by atoms with E-state index in [-0.39, 0.29) is 7.35 Å². The molecular formula is C36H37Cl2HfSi. The van der Waals surface area contributed by atoms with Crippen molar-refractivity contribution in [2.75, 3.05) is 0 Å². The van der Waals surface area contributed by atoms with Gasteiger partial charge in [0, 0.05) is 0 Å². The Labute approximate surface area is 248 Å². The van der Waals surface area contributed by atoms with Crippen molar-refractivity contribution in [1.82, 2.24) is 0 Å². The van der Waals surface area contributed by atoms with Crippen LogP contribution in [0.1, 0.15) is 63.0 Å². The van der Waals surface area contributed by atoms with Gasteiger partial charge in [-0.25, -0.2) is 0 Å². The van der Waals surface area contributed by atoms with Gasteiger partial charge in [0.1, 0.15) is 0 Å². The Hall–Kier alpha value is -1.97. The molecule has 2 unspecified atom stereocenters. The third kappa shape index (κ3) is 4.08. The molecule has 0 amide bonds. The minimum absolute atomic E-state index is 0.0345. The van der Waals surface area contributed by atoms with E-state index >= 15 is 0 Å². The molecule has 0 spiro atoms. The second kappa shape index (κ2) is 10.1. The van der Waals surface area contributed by atoms with Gasteiger partial charge in [-0.2, -0.15) is 0 Å². The molecule has 0 saturated heterocycles. The molecule has 0 bridgehead atoms. The van der Waals surface area contributed by atoms with Crippen LogP contribution in [-0.2, 0) is 15.3 Å². The summed E-state index contributed by atoms with van der Waals surface area (Å²) in [6.45, 7) is 13.8. The van der Waals surface area contributed by atoms with Gasteiger partial charge in [-0.15, -0.1) is 0 Å². The monoisotopic (exact) mass is 747 g/mol. The van der Waals surface area contributed by atoms with E-state index < -0.39 is 21.3 Å². The molecule has 4 aromatic carbocycles. The molecular weight excluding hydrogens is 710 g/mol. The fraction of sp³-hybridized carbons (Fsp3) is 0.222. The van der Waals surface area contributed by atoms with E-state index in [0.717, 1.165) is 0 Å². The number of rotatable bonds is 5. The molecule has 203 valence electrons. The predicted molar refractivity (Wildman–Crippen MR) is 177 cm³/mol. The van der Waals surface area contributed by atoms with Gasteiger partial charge in [-0.1, -0.05) is 0 Å². The van der Waals surface area contributed by atoms with Crippen molar-refractivity contribution >= 4 is 46.4 Å². The SMILES string of the molecule is Cc1ccc(C)c2c1C=C(c1ccccc1)[CH]2[Hf]([Cl])([Cl])([CH]1C(c2ccccc2)=Cc2c(C)ccc(C)c21)[SiH](C)C. The molecule has 2 aliphatic carbocycles. The van der Waals surface area contributed by atoms with E-state index in [1.165, 1.54) is 66.8 Å². The number of halogens is 2. The van der Waals surface area contributed by atoms with Gasteiger partial charge in [0.15, 0.2) is 0 Å². The molecule has 4 heteroatoms. The van der Waals surface area contributed by atoms with Crippen LogP contribution in [-0.4, -0.2) is 5.98 Å². The van der Waals surface area contributed by atoms with Gasteiger partial charge in [0.05, 0.1) is 0 Å². The van der Waals surface area contributed by atoms with Crippen molar-refractivity contribution in [1.29, 1.82) is 0 Å². The second-order valence-corrected chi connectivity index (χ2v) is 71.5. The topological polar surface area (TPSA) is 0 Å². The van der Waals surface area contributed by atoms with Crippen LogP contribution in [0.2, 0.25) is 13.1 Å². The van der Waals surface area contributed by atoms with Gasteiger partial charge in [-0.05, 0) is 0 Å². The molecule has 6 rings (SSSR count). The van der Waals surface area contributed by atoms with Gasteiger partial charge in [-0.3, -0.25) is 0 Å². The summed E-state index contributed by atoms with van der Waals surface area (Å²) in [4.78, 5) is 0. The Balaban J connectivity index is 1.73. The molecule has 0 fully saturated rings. The van der Waals surface area contributed by atoms with Gasteiger partial charge < -0.3 is 0 Å². The molecule has 2 aliphatic rings. The second-order valence-electron chi connectivity index (χ2n) is 12.2. The van der Waals surface area contributed by atoms with Gasteiger partial charge in [0.2, 0.25) is 0 Å². The molecule has 0 nitrogen and oxygen atoms in total. The van der Waals surface area contributed by atoms with Crippen molar-refractivity contribution in [3.8, 4) is 0 Å². The van der Waals surface area contributed by atoms with Crippen molar-refractivity contribution in [3.63, 3.8) is 0 Å². The summed E-state index contributed by atoms with van der Waals surface area (Å²) in [6, 6.07) is 30.8. The van der Waals surface area contributed by atoms with Crippen LogP contribution in [0.15, 0.2) is 84.9 Å². The molecule has 0 radical (unpaired) electrons. The first-order chi connectivity index (χ1) is 19.0. The first kappa shape index (κ1) is 28.2. The van der Waals surface area contributed by atoms with E-state index in [2.05, 4.69) is 138 Å². The van der Waals surface area contributed by atoms with E-state index in [0.29, 0.717) is 0 Å². The summed E-state index contributed by atoms with van der Waals surface area (Å²) in [5.41, 5.74) is 15.7. The van der Waals surface area contributed by atoms with Crippen LogP contribution in [0.4, 0.5) is 0 Å². The van der Waals surface area contributed by atoms with Crippen LogP contribution < -0.4 is 0 Å². The van der Waals surface area contributed by atoms with E-state index in [1.54, 1.807) is 0 Å². The quantitative estimate of drug-likeness (QED) is 0.178. The van der Waals surface area contributed by atoms with Crippen LogP contribution in [0, 0.1) is 27.7 Å². The maximum atomic E-state index is 8.70. The standard InChI is InChI=1S/2C17H15.C2H7Si.2ClH.Hf/c2*1-12-8-9-13(2)17-11-15(10-16(12)17)14-6-4-3-5-7-14;1-3-2;;;/h2*3-11H,1-2H3;3H,1-2H3;2*1H;/q;;;;;+2/p-2. The van der Waals surface area contributed by atoms with Crippen LogP contribution >= 0.6 is 17.2 Å². The minimum atomic E-state index is -5.10. The van der Waals surface area contributed by atoms with Crippen LogP contribution in [0.5, 0.6) is 0 Å². The van der Waals surface area contributed by atoms with Crippen LogP contribution in [0.25, 0.3) is 23.3 Å². The number of aryl methyl sites for hydroxylation is 4. The first-order valence-electron chi connectivity index (χ1n) is 14.4. The zero-order chi connectivity index (χ0) is 28.4. The van der Waals surface area contributed by atoms with E-state index in [4.69, 9.17) is 17.2 Å². The van der Waals surface area contributed by atoms with Crippen molar-refractivity contribution in [3.05, 3.63) is 141 Å². The van der Waals surface area contributed by atoms with Crippen molar-refractivity contribution in [2.45, 2.75) is 48.1 Å². The molecule has 4 aromatic rings. The zero-order valence-electron chi connectivity index (χ0n) is 24.2. The van der Waals surface area contributed by atoms with Crippen molar-refractivity contribution < 1.29 is 15.3 Å². The molecule has 0 aliphatic heterocycles. The summed E-state index contributed by atoms with van der Waals surface area (Å²) in [5.74, 6) is -1.67. The van der Waals surface area contributed by atoms with E-state index in [1.807, 2.05) is 0 Å². The summed E-state index contributed by atoms with van der Waals surface area (Å²) < 4.78 is 0.0690. The van der Waals surface area contributed by atoms with Crippen molar-refractivity contribution in [2.24, 2.45) is 0 Å². The Kier molecular flexibility index (Phi) is 7.10. The normalized spacial score (nSPS) is 19.1. The summed E-state index contributed by atoms with van der Waals surface area (Å²) in [6.07, 6.45) is 4.86. The number of fused-ring (bicyclic) bond motifs is 2. The van der Waals surface area contributed by atoms with Crippen LogP contribution in [0.3, 0.4) is 0 Å². The summed E-state index contributed by atoms with van der Waals surface area (Å²) >= 11 is -5.10. The maximum absolute atomic E-state index is 8.70. The third-order valence-corrected chi connectivity index (χ3v) is 81.9. The molecule has 2 atom stereocenters. The number of benzene rings is 4. The van der Waals surface area contributed by atoms with Gasteiger partial charge in [0.25, 0.3) is 0 Å². The Morgan fingerprint density at radius 2 is 0.875 bits per heavy atom. The fourth-order valence-corrected chi connectivity index (χ4v) is 50.2. The Bertz CT molecular complexity index is 1580. The molecule has 0 aromatic heterocycles. The fourth-order valence-electron chi connectivity index (χ4n) is 7.39. The van der Waals surface area contributed by atoms with Gasteiger partial charge >= 0.3 is 250 Å². The number of hydrogen-bond donors (Lipinski definition) is 0. The molecule has 0 saturated carbocycles. The predicted octanol–water partition coefficient (Wildman–Crippen LogP) is 10.8. The summed E-state index contributed by atoms with van der Waals surface area (Å²) in [5, 5.41) is 0. The summed E-state index contributed by atoms with van der Waals surface area (Å²) in [7, 11) is 17.4. The molecule has 40 heavy (non-hydrogen) atoms. The average Bonchev–Trinajstić information content (AvgIpc) is 3.57. The third-order valence-electron chi connectivity index (χ3n) is 9.67. The van der Waals surface area contributed by atoms with E-state index in [9.17, 15) is 0 Å². The average molecular weight is 747 g/mol. The first-order valence-corrected chi connectivity index (χ1v) is 36.5. The zero-order valence-corrected chi connectivity index (χ0v) is 30.5. The Morgan fingerprint density at radius 1 is 0.525 bits per heavy atom. The molecule has 0 N–H and O–H groups in total. The Morgan fingerprint density at radius 3 is 1.23 bits per heavy atom. The number of hydrogen-bond acceptors (Lipinski definition) is 0.